The number of nitrogens with zero attached hydrogens (tertiary/aromatic N) is 2. The normalized spacial score (nSPS) is 30.7. The Morgan fingerprint density at radius 3 is 2.37 bits per heavy atom. The van der Waals surface area contributed by atoms with Gasteiger partial charge in [-0.25, -0.2) is 23.5 Å². The Balaban J connectivity index is 2.56. The minimum absolute atomic E-state index is 0.477. The van der Waals surface area contributed by atoms with Gasteiger partial charge in [-0.15, -0.1) is 0 Å². The first kappa shape index (κ1) is 13.7. The summed E-state index contributed by atoms with van der Waals surface area (Å²) in [4.78, 5) is 36.5. The van der Waals surface area contributed by atoms with Crippen molar-refractivity contribution in [3.05, 3.63) is 31.5 Å². The van der Waals surface area contributed by atoms with Crippen molar-refractivity contribution in [1.29, 1.82) is 0 Å². The molecule has 0 saturated carbocycles. The van der Waals surface area contributed by atoms with E-state index >= 15 is 0 Å². The van der Waals surface area contributed by atoms with Crippen molar-refractivity contribution in [2.45, 2.75) is 24.5 Å². The molecule has 0 amide bonds. The Labute approximate surface area is 105 Å². The smallest absolute Gasteiger partial charge is 0.338 e. The van der Waals surface area contributed by atoms with Crippen LogP contribution < -0.4 is 17.1 Å². The Morgan fingerprint density at radius 2 is 1.84 bits per heavy atom. The van der Waals surface area contributed by atoms with Crippen LogP contribution in [0, 0.1) is 0 Å². The molecule has 1 fully saturated rings. The van der Waals surface area contributed by atoms with Crippen molar-refractivity contribution in [2.75, 3.05) is 6.61 Å². The van der Waals surface area contributed by atoms with Gasteiger partial charge in [0.25, 0.3) is 0 Å². The third kappa shape index (κ3) is 2.04. The predicted molar refractivity (Wildman–Crippen MR) is 59.6 cm³/mol. The zero-order chi connectivity index (χ0) is 14.3. The number of aromatic nitrogens is 3. The van der Waals surface area contributed by atoms with Gasteiger partial charge in [0.05, 0.1) is 6.61 Å². The maximum absolute atomic E-state index is 11.8. The minimum Gasteiger partial charge on any atom is -0.394 e. The van der Waals surface area contributed by atoms with Crippen molar-refractivity contribution in [3.8, 4) is 0 Å². The number of aliphatic hydroxyl groups excluding tert-OH is 3. The first-order valence-corrected chi connectivity index (χ1v) is 5.42. The molecule has 4 N–H and O–H groups in total. The summed E-state index contributed by atoms with van der Waals surface area (Å²) in [6.45, 7) is -0.590. The molecule has 0 radical (unpaired) electrons. The van der Waals surface area contributed by atoms with Gasteiger partial charge in [-0.3, -0.25) is 4.98 Å². The van der Waals surface area contributed by atoms with Gasteiger partial charge >= 0.3 is 17.1 Å². The van der Waals surface area contributed by atoms with Gasteiger partial charge in [0, 0.05) is 7.05 Å². The molecule has 2 heterocycles. The van der Waals surface area contributed by atoms with Crippen molar-refractivity contribution in [2.24, 2.45) is 7.05 Å². The molecule has 4 atom stereocenters. The molecule has 10 heteroatoms. The maximum Gasteiger partial charge on any atom is 0.338 e. The number of H-pyrrole nitrogens is 1. The van der Waals surface area contributed by atoms with E-state index in [1.807, 2.05) is 4.98 Å². The summed E-state index contributed by atoms with van der Waals surface area (Å²) >= 11 is 0. The molecule has 106 valence electrons. The molecule has 2 rings (SSSR count). The van der Waals surface area contributed by atoms with Crippen LogP contribution >= 0.6 is 0 Å². The second kappa shape index (κ2) is 4.74. The summed E-state index contributed by atoms with van der Waals surface area (Å²) in [5, 5.41) is 28.2. The summed E-state index contributed by atoms with van der Waals surface area (Å²) in [5.41, 5.74) is -2.97. The first-order chi connectivity index (χ1) is 8.88. The van der Waals surface area contributed by atoms with Gasteiger partial charge in [-0.2, -0.15) is 0 Å². The molecular weight excluding hydrogens is 262 g/mol. The van der Waals surface area contributed by atoms with Crippen molar-refractivity contribution < 1.29 is 20.1 Å². The van der Waals surface area contributed by atoms with Crippen LogP contribution in [0.4, 0.5) is 0 Å². The van der Waals surface area contributed by atoms with Gasteiger partial charge in [0.2, 0.25) is 0 Å². The Hall–Kier alpha value is -1.75. The fourth-order valence-corrected chi connectivity index (χ4v) is 1.89. The predicted octanol–water partition coefficient (Wildman–Crippen LogP) is -4.15. The molecule has 0 unspecified atom stereocenters. The lowest BCUT2D eigenvalue weighted by atomic mass is 10.1. The van der Waals surface area contributed by atoms with Crippen LogP contribution in [0.2, 0.25) is 0 Å². The van der Waals surface area contributed by atoms with Crippen molar-refractivity contribution >= 4 is 0 Å². The monoisotopic (exact) mass is 275 g/mol. The van der Waals surface area contributed by atoms with E-state index in [2.05, 4.69) is 0 Å². The van der Waals surface area contributed by atoms with Crippen LogP contribution in [-0.2, 0) is 11.8 Å². The summed E-state index contributed by atoms with van der Waals surface area (Å²) in [6, 6.07) is 0. The Bertz CT molecular complexity index is 644. The Kier molecular flexibility index (Phi) is 3.41. The molecule has 0 spiro atoms. The zero-order valence-corrected chi connectivity index (χ0v) is 9.89. The first-order valence-electron chi connectivity index (χ1n) is 5.42. The minimum atomic E-state index is -1.58. The molecule has 10 nitrogen and oxygen atoms in total. The highest BCUT2D eigenvalue weighted by Crippen LogP contribution is 2.26. The summed E-state index contributed by atoms with van der Waals surface area (Å²) in [5.74, 6) is 0. The highest BCUT2D eigenvalue weighted by atomic mass is 16.6. The summed E-state index contributed by atoms with van der Waals surface area (Å²) in [7, 11) is 1.14. The molecule has 1 saturated heterocycles. The molecule has 1 aromatic heterocycles. The molecule has 0 aromatic carbocycles. The number of hydrogen-bond donors (Lipinski definition) is 4. The van der Waals surface area contributed by atoms with E-state index in [0.717, 1.165) is 7.05 Å². The van der Waals surface area contributed by atoms with Gasteiger partial charge in [-0.05, 0) is 0 Å². The third-order valence-corrected chi connectivity index (χ3v) is 3.00. The molecular formula is C9H13N3O7. The second-order valence-electron chi connectivity index (χ2n) is 4.18. The van der Waals surface area contributed by atoms with E-state index in [0.29, 0.717) is 9.13 Å². The van der Waals surface area contributed by atoms with Crippen LogP contribution in [0.1, 0.15) is 6.23 Å². The molecule has 1 aromatic rings. The number of ether oxygens (including phenoxy) is 1. The molecule has 1 aliphatic rings. The average Bonchev–Trinajstić information content (AvgIpc) is 2.64. The van der Waals surface area contributed by atoms with E-state index in [-0.39, 0.29) is 0 Å². The lowest BCUT2D eigenvalue weighted by molar-refractivity contribution is -0.0578. The molecule has 0 bridgehead atoms. The zero-order valence-electron chi connectivity index (χ0n) is 9.89. The van der Waals surface area contributed by atoms with Gasteiger partial charge < -0.3 is 20.1 Å². The van der Waals surface area contributed by atoms with Crippen molar-refractivity contribution in [1.82, 2.24) is 14.1 Å². The van der Waals surface area contributed by atoms with Crippen molar-refractivity contribution in [3.63, 3.8) is 0 Å². The van der Waals surface area contributed by atoms with E-state index in [4.69, 9.17) is 9.84 Å². The number of aromatic amines is 1. The van der Waals surface area contributed by atoms with Crippen LogP contribution in [0.5, 0.6) is 0 Å². The number of nitrogens with one attached hydrogen (secondary N) is 1. The third-order valence-electron chi connectivity index (χ3n) is 3.00. The van der Waals surface area contributed by atoms with Gasteiger partial charge in [0.1, 0.15) is 18.3 Å². The number of hydrogen-bond acceptors (Lipinski definition) is 7. The van der Waals surface area contributed by atoms with E-state index in [1.54, 1.807) is 0 Å². The maximum atomic E-state index is 11.8. The average molecular weight is 275 g/mol. The topological polar surface area (TPSA) is 147 Å². The fraction of sp³-hybridized carbons (Fsp3) is 0.667. The highest BCUT2D eigenvalue weighted by Gasteiger charge is 2.44. The molecule has 19 heavy (non-hydrogen) atoms. The Morgan fingerprint density at radius 1 is 1.21 bits per heavy atom. The summed E-state index contributed by atoms with van der Waals surface area (Å²) < 4.78 is 6.15. The fourth-order valence-electron chi connectivity index (χ4n) is 1.89. The molecule has 0 aliphatic carbocycles. The second-order valence-corrected chi connectivity index (χ2v) is 4.18. The number of rotatable bonds is 2. The lowest BCUT2D eigenvalue weighted by Crippen LogP contribution is -2.51. The summed E-state index contributed by atoms with van der Waals surface area (Å²) in [6.07, 6.45) is -5.62. The van der Waals surface area contributed by atoms with Gasteiger partial charge in [-0.1, -0.05) is 0 Å². The molecule has 1 aliphatic heterocycles. The van der Waals surface area contributed by atoms with Crippen LogP contribution in [-0.4, -0.2) is 54.4 Å². The van der Waals surface area contributed by atoms with E-state index < -0.39 is 48.2 Å². The highest BCUT2D eigenvalue weighted by molar-refractivity contribution is 4.90. The van der Waals surface area contributed by atoms with Crippen LogP contribution in [0.3, 0.4) is 0 Å². The standard InChI is InChI=1S/C9H13N3O7/c1-11-7(16)10-8(17)12(9(11)18)6-5(15)4(14)3(2-13)19-6/h3-6,13-15H,2H2,1H3,(H,10,16,17)/t3-,4+,5-,6+/m0/s1. The van der Waals surface area contributed by atoms with E-state index in [9.17, 15) is 24.6 Å². The van der Waals surface area contributed by atoms with E-state index in [1.165, 1.54) is 0 Å². The van der Waals surface area contributed by atoms with Crippen LogP contribution in [0.15, 0.2) is 14.4 Å². The lowest BCUT2D eigenvalue weighted by Gasteiger charge is -2.16. The number of aliphatic hydroxyl groups is 3. The largest absolute Gasteiger partial charge is 0.394 e. The SMILES string of the molecule is Cn1c(=O)[nH]c(=O)n([C@@H]2O[C@@H](CO)[C@@H](O)[C@@H]2O)c1=O. The van der Waals surface area contributed by atoms with Gasteiger partial charge in [0.15, 0.2) is 6.23 Å². The van der Waals surface area contributed by atoms with Crippen LogP contribution in [0.25, 0.3) is 0 Å². The quantitative estimate of drug-likeness (QED) is 0.428.